The summed E-state index contributed by atoms with van der Waals surface area (Å²) in [5.41, 5.74) is 8.18. The third-order valence-corrected chi connectivity index (χ3v) is 4.71. The van der Waals surface area contributed by atoms with E-state index in [0.29, 0.717) is 17.6 Å². The monoisotopic (exact) mass is 309 g/mol. The highest BCUT2D eigenvalue weighted by molar-refractivity contribution is 6.33. The molecule has 0 saturated heterocycles. The summed E-state index contributed by atoms with van der Waals surface area (Å²) >= 11 is 6.41. The van der Waals surface area contributed by atoms with E-state index in [1.54, 1.807) is 6.07 Å². The van der Waals surface area contributed by atoms with E-state index < -0.39 is 6.04 Å². The number of carbonyl (C=O) groups excluding carboxylic acids is 1. The van der Waals surface area contributed by atoms with Gasteiger partial charge in [0.15, 0.2) is 0 Å². The van der Waals surface area contributed by atoms with E-state index >= 15 is 0 Å². The molecule has 114 valence electrons. The van der Waals surface area contributed by atoms with E-state index in [1.807, 2.05) is 6.07 Å². The van der Waals surface area contributed by atoms with Gasteiger partial charge in [-0.2, -0.15) is 0 Å². The number of nitrogens with zero attached hydrogens (tertiary/aromatic N) is 1. The van der Waals surface area contributed by atoms with Crippen molar-refractivity contribution in [2.45, 2.75) is 37.8 Å². The van der Waals surface area contributed by atoms with Crippen molar-refractivity contribution in [1.82, 2.24) is 0 Å². The SMILES string of the molecule is NC1C(=O)Nc2cc(N(CCO)C3CCCC3)c(Cl)cc21. The summed E-state index contributed by atoms with van der Waals surface area (Å²) in [7, 11) is 0. The molecule has 1 aromatic rings. The first kappa shape index (κ1) is 14.6. The van der Waals surface area contributed by atoms with E-state index in [-0.39, 0.29) is 12.5 Å². The quantitative estimate of drug-likeness (QED) is 0.795. The zero-order valence-electron chi connectivity index (χ0n) is 11.8. The Labute approximate surface area is 129 Å². The highest BCUT2D eigenvalue weighted by atomic mass is 35.5. The minimum atomic E-state index is -0.649. The Morgan fingerprint density at radius 1 is 1.38 bits per heavy atom. The fourth-order valence-corrected chi connectivity index (χ4v) is 3.62. The highest BCUT2D eigenvalue weighted by Crippen LogP contribution is 2.40. The van der Waals surface area contributed by atoms with Gasteiger partial charge in [0.05, 0.1) is 17.3 Å². The molecular formula is C15H20ClN3O2. The van der Waals surface area contributed by atoms with Crippen LogP contribution in [0.3, 0.4) is 0 Å². The van der Waals surface area contributed by atoms with Crippen molar-refractivity contribution in [3.63, 3.8) is 0 Å². The van der Waals surface area contributed by atoms with Crippen LogP contribution in [0.5, 0.6) is 0 Å². The van der Waals surface area contributed by atoms with E-state index in [2.05, 4.69) is 10.2 Å². The van der Waals surface area contributed by atoms with Crippen molar-refractivity contribution in [3.8, 4) is 0 Å². The van der Waals surface area contributed by atoms with Gasteiger partial charge in [-0.1, -0.05) is 24.4 Å². The molecule has 1 unspecified atom stereocenters. The molecular weight excluding hydrogens is 290 g/mol. The Morgan fingerprint density at radius 3 is 2.76 bits per heavy atom. The Kier molecular flexibility index (Phi) is 4.06. The van der Waals surface area contributed by atoms with Crippen LogP contribution in [0.2, 0.25) is 5.02 Å². The molecule has 0 aromatic heterocycles. The summed E-state index contributed by atoms with van der Waals surface area (Å²) in [6, 6.07) is 3.41. The minimum Gasteiger partial charge on any atom is -0.395 e. The molecule has 21 heavy (non-hydrogen) atoms. The Bertz CT molecular complexity index is 558. The summed E-state index contributed by atoms with van der Waals surface area (Å²) in [5, 5.41) is 12.7. The van der Waals surface area contributed by atoms with Crippen molar-refractivity contribution in [3.05, 3.63) is 22.7 Å². The lowest BCUT2D eigenvalue weighted by Crippen LogP contribution is -2.35. The second-order valence-corrected chi connectivity index (χ2v) is 6.12. The Morgan fingerprint density at radius 2 is 2.10 bits per heavy atom. The lowest BCUT2D eigenvalue weighted by atomic mass is 10.1. The summed E-state index contributed by atoms with van der Waals surface area (Å²) in [4.78, 5) is 13.8. The van der Waals surface area contributed by atoms with E-state index in [4.69, 9.17) is 17.3 Å². The number of nitrogens with one attached hydrogen (secondary N) is 1. The van der Waals surface area contributed by atoms with Crippen LogP contribution >= 0.6 is 11.6 Å². The van der Waals surface area contributed by atoms with Gasteiger partial charge in [0.2, 0.25) is 5.91 Å². The fourth-order valence-electron chi connectivity index (χ4n) is 3.34. The summed E-state index contributed by atoms with van der Waals surface area (Å²) in [6.07, 6.45) is 4.63. The number of carbonyl (C=O) groups is 1. The number of fused-ring (bicyclic) bond motifs is 1. The molecule has 0 spiro atoms. The maximum Gasteiger partial charge on any atom is 0.245 e. The van der Waals surface area contributed by atoms with E-state index in [9.17, 15) is 9.90 Å². The van der Waals surface area contributed by atoms with Gasteiger partial charge in [-0.25, -0.2) is 0 Å². The van der Waals surface area contributed by atoms with Gasteiger partial charge in [0.1, 0.15) is 6.04 Å². The van der Waals surface area contributed by atoms with Crippen molar-refractivity contribution in [2.75, 3.05) is 23.4 Å². The van der Waals surface area contributed by atoms with Crippen LogP contribution in [0.15, 0.2) is 12.1 Å². The maximum absolute atomic E-state index is 11.7. The summed E-state index contributed by atoms with van der Waals surface area (Å²) in [5.74, 6) is -0.201. The largest absolute Gasteiger partial charge is 0.395 e. The Hall–Kier alpha value is -1.30. The number of aliphatic hydroxyl groups excluding tert-OH is 1. The first-order valence-corrected chi connectivity index (χ1v) is 7.77. The summed E-state index contributed by atoms with van der Waals surface area (Å²) in [6.45, 7) is 0.624. The normalized spacial score (nSPS) is 21.5. The molecule has 5 nitrogen and oxygen atoms in total. The van der Waals surface area contributed by atoms with Gasteiger partial charge in [-0.3, -0.25) is 4.79 Å². The third-order valence-electron chi connectivity index (χ3n) is 4.41. The molecule has 1 heterocycles. The van der Waals surface area contributed by atoms with Crippen LogP contribution in [0, 0.1) is 0 Å². The van der Waals surface area contributed by atoms with Gasteiger partial charge in [0.25, 0.3) is 0 Å². The second-order valence-electron chi connectivity index (χ2n) is 5.71. The number of amides is 1. The number of rotatable bonds is 4. The average Bonchev–Trinajstić information content (AvgIpc) is 3.07. The standard InChI is InChI=1S/C15H20ClN3O2/c16-11-7-10-12(18-15(21)14(10)17)8-13(11)19(5-6-20)9-3-1-2-4-9/h7-9,14,20H,1-6,17H2,(H,18,21). The molecule has 1 fully saturated rings. The number of benzene rings is 1. The first-order valence-electron chi connectivity index (χ1n) is 7.39. The van der Waals surface area contributed by atoms with Crippen LogP contribution in [0.4, 0.5) is 11.4 Å². The molecule has 1 aliphatic heterocycles. The first-order chi connectivity index (χ1) is 10.1. The van der Waals surface area contributed by atoms with E-state index in [0.717, 1.165) is 29.8 Å². The van der Waals surface area contributed by atoms with Crippen molar-refractivity contribution < 1.29 is 9.90 Å². The minimum absolute atomic E-state index is 0.0792. The van der Waals surface area contributed by atoms with Crippen molar-refractivity contribution in [1.29, 1.82) is 0 Å². The van der Waals surface area contributed by atoms with Gasteiger partial charge in [0, 0.05) is 23.8 Å². The highest BCUT2D eigenvalue weighted by Gasteiger charge is 2.30. The summed E-state index contributed by atoms with van der Waals surface area (Å²) < 4.78 is 0. The van der Waals surface area contributed by atoms with Gasteiger partial charge in [-0.05, 0) is 25.0 Å². The molecule has 4 N–H and O–H groups in total. The number of hydrogen-bond donors (Lipinski definition) is 3. The molecule has 0 radical (unpaired) electrons. The zero-order valence-corrected chi connectivity index (χ0v) is 12.6. The predicted molar refractivity (Wildman–Crippen MR) is 83.7 cm³/mol. The van der Waals surface area contributed by atoms with Crippen LogP contribution in [0.25, 0.3) is 0 Å². The van der Waals surface area contributed by atoms with Gasteiger partial charge < -0.3 is 21.1 Å². The van der Waals surface area contributed by atoms with Crippen molar-refractivity contribution >= 4 is 28.9 Å². The van der Waals surface area contributed by atoms with Crippen LogP contribution < -0.4 is 16.0 Å². The second kappa shape index (κ2) is 5.83. The maximum atomic E-state index is 11.7. The molecule has 1 saturated carbocycles. The Balaban J connectivity index is 1.97. The van der Waals surface area contributed by atoms with Crippen LogP contribution in [0.1, 0.15) is 37.3 Å². The molecule has 1 amide bonds. The number of hydrogen-bond acceptors (Lipinski definition) is 4. The van der Waals surface area contributed by atoms with Crippen LogP contribution in [-0.4, -0.2) is 30.2 Å². The predicted octanol–water partition coefficient (Wildman–Crippen LogP) is 2.03. The number of nitrogens with two attached hydrogens (primary N) is 1. The molecule has 0 bridgehead atoms. The molecule has 6 heteroatoms. The molecule has 2 aliphatic rings. The van der Waals surface area contributed by atoms with Crippen molar-refractivity contribution in [2.24, 2.45) is 5.73 Å². The average molecular weight is 310 g/mol. The molecule has 3 rings (SSSR count). The lowest BCUT2D eigenvalue weighted by Gasteiger charge is -2.31. The molecule has 1 aromatic carbocycles. The van der Waals surface area contributed by atoms with E-state index in [1.165, 1.54) is 12.8 Å². The smallest absolute Gasteiger partial charge is 0.245 e. The third kappa shape index (κ3) is 2.61. The van der Waals surface area contributed by atoms with Gasteiger partial charge >= 0.3 is 0 Å². The number of aliphatic hydroxyl groups is 1. The number of halogens is 1. The van der Waals surface area contributed by atoms with Gasteiger partial charge in [-0.15, -0.1) is 0 Å². The number of anilines is 2. The van der Waals surface area contributed by atoms with Crippen LogP contribution in [-0.2, 0) is 4.79 Å². The zero-order chi connectivity index (χ0) is 15.0. The fraction of sp³-hybridized carbons (Fsp3) is 0.533. The lowest BCUT2D eigenvalue weighted by molar-refractivity contribution is -0.116. The molecule has 1 aliphatic carbocycles. The topological polar surface area (TPSA) is 78.6 Å². The molecule has 1 atom stereocenters.